The summed E-state index contributed by atoms with van der Waals surface area (Å²) in [5.41, 5.74) is 5.05. The molecule has 0 aromatic carbocycles. The zero-order valence-corrected chi connectivity index (χ0v) is 7.30. The number of alkyl halides is 3. The van der Waals surface area contributed by atoms with Crippen LogP contribution >= 0.6 is 0 Å². The van der Waals surface area contributed by atoms with Crippen molar-refractivity contribution in [2.24, 2.45) is 5.73 Å². The van der Waals surface area contributed by atoms with Crippen molar-refractivity contribution in [2.75, 3.05) is 0 Å². The molecule has 0 saturated carbocycles. The van der Waals surface area contributed by atoms with Gasteiger partial charge in [0.25, 0.3) is 5.91 Å². The number of aromatic nitrogens is 2. The molecular weight excluding hydrogens is 199 g/mol. The Morgan fingerprint density at radius 2 is 2.21 bits per heavy atom. The third-order valence-corrected chi connectivity index (χ3v) is 1.70. The average molecular weight is 207 g/mol. The SMILES string of the molecule is Cc1c(C(N)=O)cnn1CC(F)(F)F. The maximum Gasteiger partial charge on any atom is 0.408 e. The van der Waals surface area contributed by atoms with E-state index in [0.29, 0.717) is 4.68 Å². The largest absolute Gasteiger partial charge is 0.408 e. The summed E-state index contributed by atoms with van der Waals surface area (Å²) in [4.78, 5) is 10.7. The molecule has 0 bridgehead atoms. The van der Waals surface area contributed by atoms with Gasteiger partial charge in [0.15, 0.2) is 0 Å². The summed E-state index contributed by atoms with van der Waals surface area (Å²) in [5.74, 6) is -0.782. The molecule has 0 radical (unpaired) electrons. The van der Waals surface area contributed by atoms with E-state index < -0.39 is 18.6 Å². The van der Waals surface area contributed by atoms with Gasteiger partial charge in [-0.1, -0.05) is 0 Å². The Bertz CT molecular complexity index is 356. The molecule has 1 heterocycles. The van der Waals surface area contributed by atoms with Crippen molar-refractivity contribution in [3.63, 3.8) is 0 Å². The first-order valence-electron chi connectivity index (χ1n) is 3.70. The van der Waals surface area contributed by atoms with Crippen molar-refractivity contribution in [3.05, 3.63) is 17.5 Å². The molecule has 2 N–H and O–H groups in total. The molecule has 1 aromatic heterocycles. The summed E-state index contributed by atoms with van der Waals surface area (Å²) in [7, 11) is 0. The van der Waals surface area contributed by atoms with Gasteiger partial charge < -0.3 is 5.73 Å². The molecule has 0 aliphatic carbocycles. The molecule has 7 heteroatoms. The first-order valence-corrected chi connectivity index (χ1v) is 3.70. The van der Waals surface area contributed by atoms with E-state index >= 15 is 0 Å². The van der Waals surface area contributed by atoms with Crippen LogP contribution in [0, 0.1) is 6.92 Å². The van der Waals surface area contributed by atoms with Crippen LogP contribution < -0.4 is 5.73 Å². The van der Waals surface area contributed by atoms with E-state index in [-0.39, 0.29) is 11.3 Å². The molecule has 0 aliphatic rings. The summed E-state index contributed by atoms with van der Waals surface area (Å²) >= 11 is 0. The predicted molar refractivity (Wildman–Crippen MR) is 41.5 cm³/mol. The van der Waals surface area contributed by atoms with E-state index in [1.54, 1.807) is 0 Å². The molecule has 0 saturated heterocycles. The lowest BCUT2D eigenvalue weighted by Crippen LogP contribution is -2.20. The number of nitrogens with two attached hydrogens (primary N) is 1. The number of rotatable bonds is 2. The lowest BCUT2D eigenvalue weighted by molar-refractivity contribution is -0.142. The number of carbonyl (C=O) groups is 1. The van der Waals surface area contributed by atoms with Crippen molar-refractivity contribution < 1.29 is 18.0 Å². The standard InChI is InChI=1S/C7H8F3N3O/c1-4-5(6(11)14)2-12-13(4)3-7(8,9)10/h2H,3H2,1H3,(H2,11,14). The topological polar surface area (TPSA) is 60.9 Å². The number of halogens is 3. The minimum Gasteiger partial charge on any atom is -0.365 e. The Morgan fingerprint density at radius 3 is 2.57 bits per heavy atom. The second-order valence-electron chi connectivity index (χ2n) is 2.78. The molecule has 0 fully saturated rings. The number of primary amides is 1. The fraction of sp³-hybridized carbons (Fsp3) is 0.429. The van der Waals surface area contributed by atoms with Crippen LogP contribution in [-0.4, -0.2) is 21.9 Å². The minimum atomic E-state index is -4.36. The molecular formula is C7H8F3N3O. The molecule has 1 aromatic rings. The summed E-state index contributed by atoms with van der Waals surface area (Å²) in [6.07, 6.45) is -3.32. The monoisotopic (exact) mass is 207 g/mol. The van der Waals surface area contributed by atoms with E-state index in [0.717, 1.165) is 6.20 Å². The normalized spacial score (nSPS) is 11.7. The molecule has 4 nitrogen and oxygen atoms in total. The fourth-order valence-electron chi connectivity index (χ4n) is 1.02. The first kappa shape index (κ1) is 10.6. The highest BCUT2D eigenvalue weighted by atomic mass is 19.4. The second kappa shape index (κ2) is 3.32. The summed E-state index contributed by atoms with van der Waals surface area (Å²) in [6.45, 7) is 0.144. The van der Waals surface area contributed by atoms with Crippen LogP contribution in [0.2, 0.25) is 0 Å². The van der Waals surface area contributed by atoms with Gasteiger partial charge in [0.1, 0.15) is 6.54 Å². The highest BCUT2D eigenvalue weighted by molar-refractivity contribution is 5.93. The Labute approximate surface area is 77.5 Å². The van der Waals surface area contributed by atoms with Gasteiger partial charge in [0, 0.05) is 5.69 Å². The summed E-state index contributed by atoms with van der Waals surface area (Å²) in [6, 6.07) is 0. The predicted octanol–water partition coefficient (Wildman–Crippen LogP) is 0.853. The highest BCUT2D eigenvalue weighted by Gasteiger charge is 2.29. The maximum atomic E-state index is 12.0. The van der Waals surface area contributed by atoms with Crippen molar-refractivity contribution in [3.8, 4) is 0 Å². The highest BCUT2D eigenvalue weighted by Crippen LogP contribution is 2.18. The van der Waals surface area contributed by atoms with Gasteiger partial charge >= 0.3 is 6.18 Å². The van der Waals surface area contributed by atoms with E-state index in [9.17, 15) is 18.0 Å². The van der Waals surface area contributed by atoms with Gasteiger partial charge in [0.05, 0.1) is 11.8 Å². The molecule has 78 valence electrons. The van der Waals surface area contributed by atoms with Crippen molar-refractivity contribution in [1.29, 1.82) is 0 Å². The smallest absolute Gasteiger partial charge is 0.365 e. The molecule has 0 aliphatic heterocycles. The van der Waals surface area contributed by atoms with Crippen LogP contribution in [0.1, 0.15) is 16.1 Å². The average Bonchev–Trinajstić information content (AvgIpc) is 2.29. The van der Waals surface area contributed by atoms with Crippen LogP contribution in [0.25, 0.3) is 0 Å². The van der Waals surface area contributed by atoms with Crippen molar-refractivity contribution in [1.82, 2.24) is 9.78 Å². The van der Waals surface area contributed by atoms with Crippen LogP contribution in [0.5, 0.6) is 0 Å². The maximum absolute atomic E-state index is 12.0. The number of carbonyl (C=O) groups excluding carboxylic acids is 1. The zero-order valence-electron chi connectivity index (χ0n) is 7.30. The van der Waals surface area contributed by atoms with Gasteiger partial charge in [0.2, 0.25) is 0 Å². The van der Waals surface area contributed by atoms with Crippen LogP contribution in [0.4, 0.5) is 13.2 Å². The van der Waals surface area contributed by atoms with Crippen LogP contribution in [0.15, 0.2) is 6.20 Å². The van der Waals surface area contributed by atoms with E-state index in [1.807, 2.05) is 0 Å². The molecule has 0 unspecified atom stereocenters. The molecule has 0 spiro atoms. The summed E-state index contributed by atoms with van der Waals surface area (Å²) < 4.78 is 36.6. The zero-order chi connectivity index (χ0) is 10.9. The second-order valence-corrected chi connectivity index (χ2v) is 2.78. The van der Waals surface area contributed by atoms with E-state index in [2.05, 4.69) is 5.10 Å². The Hall–Kier alpha value is -1.53. The Morgan fingerprint density at radius 1 is 1.64 bits per heavy atom. The van der Waals surface area contributed by atoms with Gasteiger partial charge in [-0.2, -0.15) is 18.3 Å². The number of nitrogens with zero attached hydrogens (tertiary/aromatic N) is 2. The Balaban J connectivity index is 2.96. The number of hydrogen-bond donors (Lipinski definition) is 1. The molecule has 14 heavy (non-hydrogen) atoms. The Kier molecular flexibility index (Phi) is 2.50. The first-order chi connectivity index (χ1) is 6.31. The number of hydrogen-bond acceptors (Lipinski definition) is 2. The summed E-state index contributed by atoms with van der Waals surface area (Å²) in [5, 5.41) is 3.42. The van der Waals surface area contributed by atoms with Crippen molar-refractivity contribution >= 4 is 5.91 Å². The number of amides is 1. The lowest BCUT2D eigenvalue weighted by Gasteiger charge is -2.07. The van der Waals surface area contributed by atoms with Gasteiger partial charge in [-0.3, -0.25) is 9.48 Å². The van der Waals surface area contributed by atoms with Gasteiger partial charge in [-0.25, -0.2) is 0 Å². The van der Waals surface area contributed by atoms with Crippen LogP contribution in [-0.2, 0) is 6.54 Å². The van der Waals surface area contributed by atoms with Gasteiger partial charge in [-0.05, 0) is 6.92 Å². The fourth-order valence-corrected chi connectivity index (χ4v) is 1.02. The minimum absolute atomic E-state index is 0.00856. The van der Waals surface area contributed by atoms with Crippen molar-refractivity contribution in [2.45, 2.75) is 19.6 Å². The molecule has 1 amide bonds. The quantitative estimate of drug-likeness (QED) is 0.781. The van der Waals surface area contributed by atoms with E-state index in [4.69, 9.17) is 5.73 Å². The lowest BCUT2D eigenvalue weighted by atomic mass is 10.2. The third-order valence-electron chi connectivity index (χ3n) is 1.70. The van der Waals surface area contributed by atoms with Gasteiger partial charge in [-0.15, -0.1) is 0 Å². The molecule has 0 atom stereocenters. The molecule has 1 rings (SSSR count). The third kappa shape index (κ3) is 2.24. The van der Waals surface area contributed by atoms with E-state index in [1.165, 1.54) is 6.92 Å². The van der Waals surface area contributed by atoms with Crippen LogP contribution in [0.3, 0.4) is 0 Å².